The van der Waals surface area contributed by atoms with E-state index in [0.717, 1.165) is 21.3 Å². The van der Waals surface area contributed by atoms with Gasteiger partial charge in [-0.15, -0.1) is 11.3 Å². The fourth-order valence-corrected chi connectivity index (χ4v) is 5.98. The van der Waals surface area contributed by atoms with E-state index in [1.807, 2.05) is 24.5 Å². The number of fused-ring (bicyclic) bond motifs is 3. The molecular weight excluding hydrogens is 396 g/mol. The lowest BCUT2D eigenvalue weighted by Crippen LogP contribution is -2.46. The Labute approximate surface area is 178 Å². The predicted octanol–water partition coefficient (Wildman–Crippen LogP) is 3.90. The third kappa shape index (κ3) is 2.98. The molecule has 6 rings (SSSR count). The second-order valence-corrected chi connectivity index (χ2v) is 9.53. The van der Waals surface area contributed by atoms with Gasteiger partial charge in [-0.1, -0.05) is 6.07 Å². The SMILES string of the molecule is CN(c1cc2nn(-c3ccc(-c4cn[nH]c4)cc3O)cc2s1)C1CC2CCC(C1)N2. The number of phenolic OH excluding ortho intramolecular Hbond substituents is 1. The molecule has 2 saturated heterocycles. The number of aromatic amines is 1. The number of thiophene rings is 1. The van der Waals surface area contributed by atoms with Crippen LogP contribution in [-0.2, 0) is 0 Å². The Morgan fingerprint density at radius 1 is 1.17 bits per heavy atom. The average molecular weight is 421 g/mol. The van der Waals surface area contributed by atoms with Gasteiger partial charge >= 0.3 is 0 Å². The van der Waals surface area contributed by atoms with E-state index in [9.17, 15) is 5.11 Å². The number of aromatic nitrogens is 4. The number of nitrogens with one attached hydrogen (secondary N) is 2. The molecule has 1 aromatic carbocycles. The van der Waals surface area contributed by atoms with Crippen molar-refractivity contribution in [3.8, 4) is 22.6 Å². The number of piperidine rings is 1. The number of hydrogen-bond donors (Lipinski definition) is 3. The Bertz CT molecular complexity index is 1150. The maximum absolute atomic E-state index is 10.6. The van der Waals surface area contributed by atoms with E-state index in [-0.39, 0.29) is 5.75 Å². The van der Waals surface area contributed by atoms with E-state index in [1.54, 1.807) is 28.3 Å². The van der Waals surface area contributed by atoms with Gasteiger partial charge in [0.15, 0.2) is 0 Å². The van der Waals surface area contributed by atoms with Crippen molar-refractivity contribution in [1.29, 1.82) is 0 Å². The van der Waals surface area contributed by atoms with Gasteiger partial charge in [-0.3, -0.25) is 5.10 Å². The largest absolute Gasteiger partial charge is 0.506 e. The number of anilines is 1. The van der Waals surface area contributed by atoms with Crippen LogP contribution in [0, 0.1) is 0 Å². The van der Waals surface area contributed by atoms with E-state index < -0.39 is 0 Å². The molecule has 2 fully saturated rings. The number of rotatable bonds is 4. The highest BCUT2D eigenvalue weighted by molar-refractivity contribution is 7.22. The van der Waals surface area contributed by atoms with Gasteiger partial charge in [0, 0.05) is 49.2 Å². The van der Waals surface area contributed by atoms with Crippen LogP contribution in [0.4, 0.5) is 5.00 Å². The molecule has 2 aliphatic rings. The van der Waals surface area contributed by atoms with Crippen LogP contribution in [0.15, 0.2) is 42.9 Å². The molecule has 0 spiro atoms. The van der Waals surface area contributed by atoms with E-state index in [0.29, 0.717) is 23.8 Å². The van der Waals surface area contributed by atoms with Gasteiger partial charge in [0.1, 0.15) is 17.0 Å². The summed E-state index contributed by atoms with van der Waals surface area (Å²) in [7, 11) is 2.22. The highest BCUT2D eigenvalue weighted by Gasteiger charge is 2.35. The van der Waals surface area contributed by atoms with Crippen LogP contribution in [0.25, 0.3) is 27.0 Å². The monoisotopic (exact) mass is 420 g/mol. The maximum Gasteiger partial charge on any atom is 0.141 e. The Kier molecular flexibility index (Phi) is 4.10. The molecule has 8 heteroatoms. The van der Waals surface area contributed by atoms with Crippen LogP contribution in [0.1, 0.15) is 25.7 Å². The molecule has 2 unspecified atom stereocenters. The van der Waals surface area contributed by atoms with Crippen molar-refractivity contribution in [2.24, 2.45) is 0 Å². The van der Waals surface area contributed by atoms with Crippen molar-refractivity contribution in [1.82, 2.24) is 25.3 Å². The summed E-state index contributed by atoms with van der Waals surface area (Å²) in [6.07, 6.45) is 10.6. The molecule has 0 amide bonds. The molecule has 0 radical (unpaired) electrons. The first kappa shape index (κ1) is 18.0. The molecule has 30 heavy (non-hydrogen) atoms. The van der Waals surface area contributed by atoms with E-state index >= 15 is 0 Å². The van der Waals surface area contributed by atoms with Gasteiger partial charge in [0.2, 0.25) is 0 Å². The van der Waals surface area contributed by atoms with Crippen molar-refractivity contribution in [2.75, 3.05) is 11.9 Å². The summed E-state index contributed by atoms with van der Waals surface area (Å²) in [5.74, 6) is 0.200. The summed E-state index contributed by atoms with van der Waals surface area (Å²) < 4.78 is 2.90. The average Bonchev–Trinajstić information content (AvgIpc) is 3.51. The number of aromatic hydroxyl groups is 1. The molecule has 5 heterocycles. The van der Waals surface area contributed by atoms with Gasteiger partial charge in [0.25, 0.3) is 0 Å². The van der Waals surface area contributed by atoms with Crippen molar-refractivity contribution in [3.63, 3.8) is 0 Å². The van der Waals surface area contributed by atoms with Gasteiger partial charge in [-0.25, -0.2) is 4.68 Å². The fraction of sp³-hybridized carbons (Fsp3) is 0.364. The molecule has 7 nitrogen and oxygen atoms in total. The van der Waals surface area contributed by atoms with Crippen LogP contribution in [0.2, 0.25) is 0 Å². The molecule has 2 atom stereocenters. The van der Waals surface area contributed by atoms with Crippen molar-refractivity contribution >= 4 is 26.6 Å². The molecule has 2 aliphatic heterocycles. The number of phenols is 1. The zero-order valence-corrected chi connectivity index (χ0v) is 17.6. The number of H-pyrrole nitrogens is 1. The van der Waals surface area contributed by atoms with Crippen LogP contribution < -0.4 is 10.2 Å². The number of benzene rings is 1. The molecule has 4 aromatic rings. The first-order valence-electron chi connectivity index (χ1n) is 10.4. The predicted molar refractivity (Wildman–Crippen MR) is 120 cm³/mol. The van der Waals surface area contributed by atoms with E-state index in [2.05, 4.69) is 33.5 Å². The highest BCUT2D eigenvalue weighted by atomic mass is 32.1. The minimum Gasteiger partial charge on any atom is -0.506 e. The lowest BCUT2D eigenvalue weighted by Gasteiger charge is -2.36. The zero-order valence-electron chi connectivity index (χ0n) is 16.7. The molecule has 3 N–H and O–H groups in total. The second kappa shape index (κ2) is 6.85. The third-order valence-electron chi connectivity index (χ3n) is 6.58. The fourth-order valence-electron chi connectivity index (χ4n) is 4.94. The second-order valence-electron chi connectivity index (χ2n) is 8.47. The maximum atomic E-state index is 10.6. The standard InChI is InChI=1S/C22H24N6OS/c1-27(17-7-15-3-4-16(8-17)25-15)22-9-18-21(30-22)12-28(26-18)19-5-2-13(6-20(19)29)14-10-23-24-11-14/h2,5-6,9-12,15-17,25,29H,3-4,7-8H2,1H3,(H,23,24). The van der Waals surface area contributed by atoms with Gasteiger partial charge in [0.05, 0.1) is 15.9 Å². The molecular formula is C22H24N6OS. The number of nitrogens with zero attached hydrogens (tertiary/aromatic N) is 4. The Morgan fingerprint density at radius 3 is 2.70 bits per heavy atom. The summed E-state index contributed by atoms with van der Waals surface area (Å²) in [4.78, 5) is 2.44. The van der Waals surface area contributed by atoms with Crippen molar-refractivity contribution in [3.05, 3.63) is 42.9 Å². The topological polar surface area (TPSA) is 82.0 Å². The van der Waals surface area contributed by atoms with Gasteiger partial charge < -0.3 is 15.3 Å². The minimum absolute atomic E-state index is 0.200. The molecule has 0 saturated carbocycles. The smallest absolute Gasteiger partial charge is 0.141 e. The quantitative estimate of drug-likeness (QED) is 0.466. The van der Waals surface area contributed by atoms with E-state index in [4.69, 9.17) is 5.10 Å². The lowest BCUT2D eigenvalue weighted by molar-refractivity contribution is 0.355. The molecule has 0 aliphatic carbocycles. The molecule has 3 aromatic heterocycles. The first-order chi connectivity index (χ1) is 14.6. The third-order valence-corrected chi connectivity index (χ3v) is 7.73. The van der Waals surface area contributed by atoms with Gasteiger partial charge in [-0.05, 0) is 43.4 Å². The van der Waals surface area contributed by atoms with Crippen molar-refractivity contribution in [2.45, 2.75) is 43.8 Å². The first-order valence-corrected chi connectivity index (χ1v) is 11.3. The molecule has 2 bridgehead atoms. The zero-order chi connectivity index (χ0) is 20.2. The Hall–Kier alpha value is -2.84. The minimum atomic E-state index is 0.200. The summed E-state index contributed by atoms with van der Waals surface area (Å²) in [6, 6.07) is 9.76. The Balaban J connectivity index is 1.26. The van der Waals surface area contributed by atoms with Crippen LogP contribution >= 0.6 is 11.3 Å². The highest BCUT2D eigenvalue weighted by Crippen LogP contribution is 2.37. The lowest BCUT2D eigenvalue weighted by atomic mass is 9.99. The number of hydrogen-bond acceptors (Lipinski definition) is 6. The van der Waals surface area contributed by atoms with Gasteiger partial charge in [-0.2, -0.15) is 10.2 Å². The van der Waals surface area contributed by atoms with Crippen LogP contribution in [-0.4, -0.2) is 50.3 Å². The summed E-state index contributed by atoms with van der Waals surface area (Å²) in [5.41, 5.74) is 3.50. The summed E-state index contributed by atoms with van der Waals surface area (Å²) in [6.45, 7) is 0. The van der Waals surface area contributed by atoms with Crippen molar-refractivity contribution < 1.29 is 5.11 Å². The molecule has 154 valence electrons. The Morgan fingerprint density at radius 2 is 2.00 bits per heavy atom. The van der Waals surface area contributed by atoms with Crippen LogP contribution in [0.5, 0.6) is 5.75 Å². The van der Waals surface area contributed by atoms with E-state index in [1.165, 1.54) is 30.7 Å². The van der Waals surface area contributed by atoms with Crippen LogP contribution in [0.3, 0.4) is 0 Å². The summed E-state index contributed by atoms with van der Waals surface area (Å²) in [5, 5.41) is 27.1. The summed E-state index contributed by atoms with van der Waals surface area (Å²) >= 11 is 1.77. The normalized spacial score (nSPS) is 23.3.